The van der Waals surface area contributed by atoms with E-state index in [1.54, 1.807) is 0 Å². The molecule has 0 atom stereocenters. The molecule has 108 valence electrons. The number of aryl methyl sites for hydroxylation is 1. The van der Waals surface area contributed by atoms with Gasteiger partial charge in [-0.05, 0) is 24.6 Å². The van der Waals surface area contributed by atoms with Crippen LogP contribution in [0.1, 0.15) is 5.56 Å². The molecule has 0 aliphatic rings. The first-order valence-electron chi connectivity index (χ1n) is 4.90. The number of hydrogen-bond acceptors (Lipinski definition) is 6. The molecule has 1 rings (SSSR count). The van der Waals surface area contributed by atoms with E-state index >= 15 is 0 Å². The Balaban J connectivity index is 3.56. The van der Waals surface area contributed by atoms with E-state index in [1.807, 2.05) is 0 Å². The fraction of sp³-hybridized carbons (Fsp3) is 0.333. The molecule has 0 aromatic heterocycles. The van der Waals surface area contributed by atoms with E-state index in [2.05, 4.69) is 5.32 Å². The van der Waals surface area contributed by atoms with Gasteiger partial charge in [-0.15, -0.1) is 0 Å². The highest BCUT2D eigenvalue weighted by Gasteiger charge is 2.22. The third-order valence-corrected chi connectivity index (χ3v) is 4.13. The van der Waals surface area contributed by atoms with Crippen LogP contribution in [0.15, 0.2) is 21.9 Å². The molecule has 0 bridgehead atoms. The number of methoxy groups -OCH3 is 1. The summed E-state index contributed by atoms with van der Waals surface area (Å²) in [5, 5.41) is 2.55. The zero-order valence-corrected chi connectivity index (χ0v) is 11.7. The Kier molecular flexibility index (Phi) is 4.53. The number of hydrogen-bond donors (Lipinski definition) is 3. The smallest absolute Gasteiger partial charge is 0.296 e. The average Bonchev–Trinajstić information content (AvgIpc) is 2.22. The Labute approximate surface area is 110 Å². The van der Waals surface area contributed by atoms with Gasteiger partial charge in [0.1, 0.15) is 11.6 Å². The molecule has 0 radical (unpaired) electrons. The van der Waals surface area contributed by atoms with Gasteiger partial charge in [0, 0.05) is 7.11 Å². The molecule has 19 heavy (non-hydrogen) atoms. The molecule has 0 unspecified atom stereocenters. The van der Waals surface area contributed by atoms with Gasteiger partial charge in [-0.2, -0.15) is 16.8 Å². The lowest BCUT2D eigenvalue weighted by Gasteiger charge is -2.12. The van der Waals surface area contributed by atoms with Crippen molar-refractivity contribution in [2.45, 2.75) is 16.7 Å². The van der Waals surface area contributed by atoms with Gasteiger partial charge in [0.15, 0.2) is 0 Å². The highest BCUT2D eigenvalue weighted by atomic mass is 32.2. The van der Waals surface area contributed by atoms with Crippen LogP contribution < -0.4 is 5.32 Å². The highest BCUT2D eigenvalue weighted by Crippen LogP contribution is 2.28. The van der Waals surface area contributed by atoms with Crippen LogP contribution >= 0.6 is 0 Å². The predicted octanol–water partition coefficient (Wildman–Crippen LogP) is 0.504. The van der Waals surface area contributed by atoms with E-state index < -0.39 is 30.0 Å². The van der Waals surface area contributed by atoms with E-state index in [4.69, 9.17) is 13.8 Å². The quantitative estimate of drug-likeness (QED) is 0.529. The highest BCUT2D eigenvalue weighted by molar-refractivity contribution is 7.86. The second-order valence-electron chi connectivity index (χ2n) is 3.67. The summed E-state index contributed by atoms with van der Waals surface area (Å²) in [5.74, 6) is 0. The molecule has 1 aromatic rings. The molecular formula is C9H13NO7S2. The number of rotatable bonds is 5. The fourth-order valence-electron chi connectivity index (χ4n) is 1.45. The molecule has 0 spiro atoms. The Bertz CT molecular complexity index is 679. The maximum Gasteiger partial charge on any atom is 0.296 e. The molecule has 0 heterocycles. The minimum absolute atomic E-state index is 0.0331. The Hall–Kier alpha value is -1.20. The zero-order chi connectivity index (χ0) is 14.8. The van der Waals surface area contributed by atoms with Gasteiger partial charge in [0.2, 0.25) is 0 Å². The van der Waals surface area contributed by atoms with E-state index in [-0.39, 0.29) is 18.0 Å². The molecule has 10 heteroatoms. The molecule has 0 fully saturated rings. The molecule has 0 amide bonds. The van der Waals surface area contributed by atoms with Crippen LogP contribution in [0, 0.1) is 6.92 Å². The molecular weight excluding hydrogens is 298 g/mol. The number of anilines is 1. The molecule has 8 nitrogen and oxygen atoms in total. The minimum atomic E-state index is -4.66. The SMILES string of the molecule is COCNc1cc(C)c(S(=O)(=O)O)cc1S(=O)(=O)O. The normalized spacial score (nSPS) is 12.4. The lowest BCUT2D eigenvalue weighted by atomic mass is 10.2. The summed E-state index contributed by atoms with van der Waals surface area (Å²) < 4.78 is 67.3. The third-order valence-electron chi connectivity index (χ3n) is 2.24. The van der Waals surface area contributed by atoms with Crippen molar-refractivity contribution in [1.82, 2.24) is 0 Å². The minimum Gasteiger partial charge on any atom is -0.365 e. The van der Waals surface area contributed by atoms with Gasteiger partial charge >= 0.3 is 0 Å². The lowest BCUT2D eigenvalue weighted by molar-refractivity contribution is 0.221. The van der Waals surface area contributed by atoms with Crippen LogP contribution in [0.25, 0.3) is 0 Å². The number of nitrogens with one attached hydrogen (secondary N) is 1. The van der Waals surface area contributed by atoms with Crippen LogP contribution in [0.5, 0.6) is 0 Å². The van der Waals surface area contributed by atoms with Gasteiger partial charge in [0.25, 0.3) is 20.2 Å². The van der Waals surface area contributed by atoms with Gasteiger partial charge in [0.05, 0.1) is 10.6 Å². The maximum absolute atomic E-state index is 11.2. The van der Waals surface area contributed by atoms with E-state index in [9.17, 15) is 16.8 Å². The van der Waals surface area contributed by atoms with Crippen LogP contribution in [0.3, 0.4) is 0 Å². The standard InChI is InChI=1S/C9H13NO7S2/c1-6-3-7(10-5-17-2)9(19(14,15)16)4-8(6)18(11,12)13/h3-4,10H,5H2,1-2H3,(H,11,12,13)(H,14,15,16). The summed E-state index contributed by atoms with van der Waals surface area (Å²) in [6.45, 7) is 1.32. The van der Waals surface area contributed by atoms with Crippen molar-refractivity contribution in [3.05, 3.63) is 17.7 Å². The molecule has 0 saturated heterocycles. The Morgan fingerprint density at radius 2 is 1.63 bits per heavy atom. The van der Waals surface area contributed by atoms with Gasteiger partial charge in [-0.3, -0.25) is 9.11 Å². The topological polar surface area (TPSA) is 130 Å². The summed E-state index contributed by atoms with van der Waals surface area (Å²) in [6.07, 6.45) is 0. The van der Waals surface area contributed by atoms with Crippen LogP contribution in [0.2, 0.25) is 0 Å². The summed E-state index contributed by atoms with van der Waals surface area (Å²) in [4.78, 5) is -1.26. The number of ether oxygens (including phenoxy) is 1. The molecule has 0 saturated carbocycles. The Morgan fingerprint density at radius 1 is 1.11 bits per heavy atom. The van der Waals surface area contributed by atoms with Crippen LogP contribution in [0.4, 0.5) is 5.69 Å². The summed E-state index contributed by atoms with van der Waals surface area (Å²) in [5.41, 5.74) is 0.0859. The van der Waals surface area contributed by atoms with E-state index in [0.29, 0.717) is 6.07 Å². The first kappa shape index (κ1) is 15.9. The van der Waals surface area contributed by atoms with Crippen molar-refractivity contribution < 1.29 is 30.7 Å². The molecule has 3 N–H and O–H groups in total. The van der Waals surface area contributed by atoms with Crippen molar-refractivity contribution in [1.29, 1.82) is 0 Å². The third kappa shape index (κ3) is 3.88. The van der Waals surface area contributed by atoms with E-state index in [0.717, 1.165) is 0 Å². The van der Waals surface area contributed by atoms with Crippen molar-refractivity contribution in [2.75, 3.05) is 19.2 Å². The summed E-state index contributed by atoms with van der Waals surface area (Å²) >= 11 is 0. The zero-order valence-electron chi connectivity index (χ0n) is 10.1. The first-order chi connectivity index (χ1) is 8.57. The van der Waals surface area contributed by atoms with Gasteiger partial charge in [-0.25, -0.2) is 0 Å². The first-order valence-corrected chi connectivity index (χ1v) is 7.78. The van der Waals surface area contributed by atoms with Crippen molar-refractivity contribution in [3.63, 3.8) is 0 Å². The Morgan fingerprint density at radius 3 is 2.05 bits per heavy atom. The van der Waals surface area contributed by atoms with Crippen LogP contribution in [-0.2, 0) is 25.0 Å². The molecule has 0 aliphatic carbocycles. The van der Waals surface area contributed by atoms with Crippen molar-refractivity contribution in [2.24, 2.45) is 0 Å². The maximum atomic E-state index is 11.2. The molecule has 1 aromatic carbocycles. The van der Waals surface area contributed by atoms with Gasteiger partial charge < -0.3 is 10.1 Å². The van der Waals surface area contributed by atoms with Crippen molar-refractivity contribution >= 4 is 25.9 Å². The summed E-state index contributed by atoms with van der Waals surface area (Å²) in [7, 11) is -7.88. The summed E-state index contributed by atoms with van der Waals surface area (Å²) in [6, 6.07) is 1.85. The molecule has 0 aliphatic heterocycles. The number of benzene rings is 1. The monoisotopic (exact) mass is 311 g/mol. The predicted molar refractivity (Wildman–Crippen MR) is 66.3 cm³/mol. The van der Waals surface area contributed by atoms with E-state index in [1.165, 1.54) is 20.1 Å². The van der Waals surface area contributed by atoms with Gasteiger partial charge in [-0.1, -0.05) is 0 Å². The largest absolute Gasteiger partial charge is 0.365 e. The second-order valence-corrected chi connectivity index (χ2v) is 6.45. The van der Waals surface area contributed by atoms with Crippen LogP contribution in [-0.4, -0.2) is 39.8 Å². The average molecular weight is 311 g/mol. The second kappa shape index (κ2) is 5.43. The fourth-order valence-corrected chi connectivity index (χ4v) is 2.93. The lowest BCUT2D eigenvalue weighted by Crippen LogP contribution is -2.11. The van der Waals surface area contributed by atoms with Crippen molar-refractivity contribution in [3.8, 4) is 0 Å².